The van der Waals surface area contributed by atoms with Crippen LogP contribution in [0.3, 0.4) is 0 Å². The summed E-state index contributed by atoms with van der Waals surface area (Å²) in [6.45, 7) is 7.02. The molecule has 0 atom stereocenters. The van der Waals surface area contributed by atoms with Crippen molar-refractivity contribution in [2.45, 2.75) is 33.0 Å². The Labute approximate surface area is 157 Å². The maximum atomic E-state index is 12.8. The van der Waals surface area contributed by atoms with Crippen molar-refractivity contribution in [1.29, 1.82) is 0 Å². The van der Waals surface area contributed by atoms with Crippen molar-refractivity contribution >= 4 is 17.2 Å². The number of piperidine rings is 1. The topological polar surface area (TPSA) is 51.7 Å². The quantitative estimate of drug-likeness (QED) is 0.825. The van der Waals surface area contributed by atoms with Gasteiger partial charge in [-0.05, 0) is 32.3 Å². The summed E-state index contributed by atoms with van der Waals surface area (Å²) < 4.78 is 11.2. The summed E-state index contributed by atoms with van der Waals surface area (Å²) in [5.74, 6) is 0.423. The minimum absolute atomic E-state index is 0.0315. The van der Waals surface area contributed by atoms with Crippen LogP contribution in [0.15, 0.2) is 23.6 Å². The lowest BCUT2D eigenvalue weighted by Crippen LogP contribution is -2.41. The van der Waals surface area contributed by atoms with E-state index in [4.69, 9.17) is 9.47 Å². The molecule has 0 saturated carbocycles. The number of rotatable bonds is 3. The van der Waals surface area contributed by atoms with Gasteiger partial charge >= 0.3 is 0 Å². The van der Waals surface area contributed by atoms with Gasteiger partial charge in [-0.3, -0.25) is 4.79 Å². The number of aromatic nitrogens is 1. The lowest BCUT2D eigenvalue weighted by molar-refractivity contribution is -0.0956. The van der Waals surface area contributed by atoms with Crippen LogP contribution in [0.1, 0.15) is 34.5 Å². The minimum atomic E-state index is -0.0809. The lowest BCUT2D eigenvalue weighted by atomic mass is 9.96. The first-order valence-electron chi connectivity index (χ1n) is 9.17. The predicted octanol–water partition coefficient (Wildman–Crippen LogP) is 3.65. The molecule has 0 spiro atoms. The highest BCUT2D eigenvalue weighted by Crippen LogP contribution is 2.29. The molecule has 0 radical (unpaired) electrons. The van der Waals surface area contributed by atoms with Crippen LogP contribution >= 0.6 is 11.3 Å². The zero-order chi connectivity index (χ0) is 18.1. The second-order valence-electron chi connectivity index (χ2n) is 7.10. The molecule has 0 bridgehead atoms. The number of amides is 1. The number of hydrogen-bond donors (Lipinski definition) is 0. The normalized spacial score (nSPS) is 19.2. The fraction of sp³-hybridized carbons (Fsp3) is 0.500. The van der Waals surface area contributed by atoms with E-state index in [-0.39, 0.29) is 12.2 Å². The largest absolute Gasteiger partial charge is 0.350 e. The molecule has 2 aliphatic heterocycles. The molecule has 2 aromatic rings. The fourth-order valence-corrected chi connectivity index (χ4v) is 4.62. The molecule has 1 aromatic carbocycles. The van der Waals surface area contributed by atoms with E-state index in [0.29, 0.717) is 24.8 Å². The van der Waals surface area contributed by atoms with E-state index in [1.54, 1.807) is 0 Å². The number of hydrogen-bond acceptors (Lipinski definition) is 5. The molecule has 6 heteroatoms. The second-order valence-corrected chi connectivity index (χ2v) is 7.95. The van der Waals surface area contributed by atoms with Gasteiger partial charge in [0.15, 0.2) is 6.29 Å². The summed E-state index contributed by atoms with van der Waals surface area (Å²) in [5.41, 5.74) is 4.08. The number of nitrogens with zero attached hydrogens (tertiary/aromatic N) is 2. The lowest BCUT2D eigenvalue weighted by Gasteiger charge is -2.33. The van der Waals surface area contributed by atoms with Gasteiger partial charge in [0.2, 0.25) is 0 Å². The zero-order valence-corrected chi connectivity index (χ0v) is 16.1. The molecule has 2 saturated heterocycles. The number of carbonyl (C=O) groups is 1. The highest BCUT2D eigenvalue weighted by atomic mass is 32.1. The Morgan fingerprint density at radius 2 is 1.92 bits per heavy atom. The average molecular weight is 372 g/mol. The van der Waals surface area contributed by atoms with Crippen LogP contribution < -0.4 is 0 Å². The van der Waals surface area contributed by atoms with E-state index in [1.807, 2.05) is 10.3 Å². The molecule has 0 unspecified atom stereocenters. The third-order valence-electron chi connectivity index (χ3n) is 5.19. The van der Waals surface area contributed by atoms with Crippen LogP contribution in [-0.2, 0) is 9.47 Å². The molecule has 3 heterocycles. The van der Waals surface area contributed by atoms with Gasteiger partial charge in [-0.1, -0.05) is 23.8 Å². The summed E-state index contributed by atoms with van der Waals surface area (Å²) in [6.07, 6.45) is 1.76. The van der Waals surface area contributed by atoms with Crippen LogP contribution in [0.4, 0.5) is 0 Å². The number of benzene rings is 1. The highest BCUT2D eigenvalue weighted by Gasteiger charge is 2.32. The van der Waals surface area contributed by atoms with Crippen LogP contribution in [-0.4, -0.2) is 48.4 Å². The maximum absolute atomic E-state index is 12.8. The number of ether oxygens (including phenoxy) is 2. The van der Waals surface area contributed by atoms with Crippen molar-refractivity contribution in [1.82, 2.24) is 9.88 Å². The second kappa shape index (κ2) is 7.47. The van der Waals surface area contributed by atoms with Crippen LogP contribution in [0, 0.1) is 19.8 Å². The van der Waals surface area contributed by atoms with Gasteiger partial charge in [0.05, 0.1) is 13.2 Å². The van der Waals surface area contributed by atoms with Crippen molar-refractivity contribution in [2.24, 2.45) is 5.92 Å². The summed E-state index contributed by atoms with van der Waals surface area (Å²) in [7, 11) is 0. The Kier molecular flexibility index (Phi) is 5.07. The Morgan fingerprint density at radius 1 is 1.19 bits per heavy atom. The SMILES string of the molecule is Cc1ccc(-c2nc(C(=O)N3CCC(C4OCCO4)CC3)cs2)c(C)c1. The molecule has 4 rings (SSSR count). The first-order valence-corrected chi connectivity index (χ1v) is 10.1. The number of aryl methyl sites for hydroxylation is 2. The monoisotopic (exact) mass is 372 g/mol. The Morgan fingerprint density at radius 3 is 2.62 bits per heavy atom. The third kappa shape index (κ3) is 3.54. The molecule has 26 heavy (non-hydrogen) atoms. The van der Waals surface area contributed by atoms with E-state index in [2.05, 4.69) is 37.0 Å². The summed E-state index contributed by atoms with van der Waals surface area (Å²) in [5, 5.41) is 2.79. The Hall–Kier alpha value is -1.76. The molecule has 2 aliphatic rings. The van der Waals surface area contributed by atoms with Gasteiger partial charge in [-0.2, -0.15) is 0 Å². The molecule has 0 N–H and O–H groups in total. The molecule has 0 aliphatic carbocycles. The summed E-state index contributed by atoms with van der Waals surface area (Å²) >= 11 is 1.54. The summed E-state index contributed by atoms with van der Waals surface area (Å²) in [6, 6.07) is 6.32. The molecule has 138 valence electrons. The van der Waals surface area contributed by atoms with E-state index in [9.17, 15) is 4.79 Å². The van der Waals surface area contributed by atoms with E-state index in [0.717, 1.165) is 36.5 Å². The van der Waals surface area contributed by atoms with E-state index < -0.39 is 0 Å². The van der Waals surface area contributed by atoms with Gasteiger partial charge in [0.1, 0.15) is 10.7 Å². The number of thiazole rings is 1. The van der Waals surface area contributed by atoms with Crippen molar-refractivity contribution in [3.63, 3.8) is 0 Å². The minimum Gasteiger partial charge on any atom is -0.350 e. The van der Waals surface area contributed by atoms with Gasteiger partial charge in [-0.15, -0.1) is 11.3 Å². The van der Waals surface area contributed by atoms with Gasteiger partial charge in [0, 0.05) is 30.0 Å². The average Bonchev–Trinajstić information content (AvgIpc) is 3.33. The molecule has 1 aromatic heterocycles. The molecule has 2 fully saturated rings. The predicted molar refractivity (Wildman–Crippen MR) is 101 cm³/mol. The first kappa shape index (κ1) is 17.6. The zero-order valence-electron chi connectivity index (χ0n) is 15.2. The highest BCUT2D eigenvalue weighted by molar-refractivity contribution is 7.13. The van der Waals surface area contributed by atoms with Crippen molar-refractivity contribution in [3.8, 4) is 10.6 Å². The summed E-state index contributed by atoms with van der Waals surface area (Å²) in [4.78, 5) is 19.3. The van der Waals surface area contributed by atoms with Crippen LogP contribution in [0.5, 0.6) is 0 Å². The van der Waals surface area contributed by atoms with Gasteiger partial charge in [-0.25, -0.2) is 4.98 Å². The first-order chi connectivity index (χ1) is 12.6. The van der Waals surface area contributed by atoms with Crippen molar-refractivity contribution in [2.75, 3.05) is 26.3 Å². The molecule has 1 amide bonds. The Balaban J connectivity index is 1.42. The third-order valence-corrected chi connectivity index (χ3v) is 6.07. The smallest absolute Gasteiger partial charge is 0.273 e. The maximum Gasteiger partial charge on any atom is 0.273 e. The number of carbonyl (C=O) groups excluding carboxylic acids is 1. The van der Waals surface area contributed by atoms with Crippen molar-refractivity contribution in [3.05, 3.63) is 40.4 Å². The number of likely N-dealkylation sites (tertiary alicyclic amines) is 1. The van der Waals surface area contributed by atoms with E-state index >= 15 is 0 Å². The van der Waals surface area contributed by atoms with E-state index in [1.165, 1.54) is 22.5 Å². The van der Waals surface area contributed by atoms with Gasteiger partial charge in [0.25, 0.3) is 5.91 Å². The Bertz CT molecular complexity index is 790. The molecule has 5 nitrogen and oxygen atoms in total. The molecular weight excluding hydrogens is 348 g/mol. The van der Waals surface area contributed by atoms with Crippen LogP contribution in [0.2, 0.25) is 0 Å². The molecular formula is C20H24N2O3S. The standard InChI is InChI=1S/C20H24N2O3S/c1-13-3-4-16(14(2)11-13)18-21-17(12-26-18)19(23)22-7-5-15(6-8-22)20-24-9-10-25-20/h3-4,11-12,15,20H,5-10H2,1-2H3. The van der Waals surface area contributed by atoms with Crippen molar-refractivity contribution < 1.29 is 14.3 Å². The van der Waals surface area contributed by atoms with Crippen LogP contribution in [0.25, 0.3) is 10.6 Å². The fourth-order valence-electron chi connectivity index (χ4n) is 3.73. The van der Waals surface area contributed by atoms with Gasteiger partial charge < -0.3 is 14.4 Å².